The lowest BCUT2D eigenvalue weighted by Crippen LogP contribution is -2.25. The number of carbonyl (C=O) groups is 1. The molecule has 0 radical (unpaired) electrons. The van der Waals surface area contributed by atoms with E-state index >= 15 is 0 Å². The molecule has 0 saturated carbocycles. The number of nitrogens with zero attached hydrogens (tertiary/aromatic N) is 8. The van der Waals surface area contributed by atoms with Crippen LogP contribution in [0.4, 0.5) is 14.9 Å². The summed E-state index contributed by atoms with van der Waals surface area (Å²) in [4.78, 5) is 23.3. The third-order valence-corrected chi connectivity index (χ3v) is 4.68. The van der Waals surface area contributed by atoms with Gasteiger partial charge in [0.15, 0.2) is 17.8 Å². The van der Waals surface area contributed by atoms with Gasteiger partial charge in [0.1, 0.15) is 17.8 Å². The summed E-state index contributed by atoms with van der Waals surface area (Å²) < 4.78 is 20.2. The van der Waals surface area contributed by atoms with Gasteiger partial charge in [0.25, 0.3) is 0 Å². The molecule has 0 unspecified atom stereocenters. The number of benzene rings is 1. The number of halogens is 1. The van der Waals surface area contributed by atoms with Crippen LogP contribution in [0, 0.1) is 24.2 Å². The molecule has 1 atom stereocenters. The number of anilines is 1. The van der Waals surface area contributed by atoms with Crippen LogP contribution in [0.3, 0.4) is 0 Å². The molecular weight excluding hydrogens is 417 g/mol. The summed E-state index contributed by atoms with van der Waals surface area (Å²) in [6, 6.07) is 7.87. The summed E-state index contributed by atoms with van der Waals surface area (Å²) in [5, 5.41) is 22.7. The van der Waals surface area contributed by atoms with Crippen molar-refractivity contribution in [2.45, 2.75) is 20.0 Å². The zero-order chi connectivity index (χ0) is 22.7. The summed E-state index contributed by atoms with van der Waals surface area (Å²) >= 11 is 0. The second-order valence-electron chi connectivity index (χ2n) is 6.97. The number of aryl methyl sites for hydroxylation is 1. The minimum Gasteiger partial charge on any atom is -0.442 e. The van der Waals surface area contributed by atoms with E-state index in [1.165, 1.54) is 22.0 Å². The van der Waals surface area contributed by atoms with Gasteiger partial charge in [-0.2, -0.15) is 5.26 Å². The number of nitrogens with one attached hydrogen (secondary N) is 1. The first-order valence-electron chi connectivity index (χ1n) is 9.62. The van der Waals surface area contributed by atoms with Crippen LogP contribution < -0.4 is 10.2 Å². The molecule has 32 heavy (non-hydrogen) atoms. The normalized spacial score (nSPS) is 16.1. The van der Waals surface area contributed by atoms with E-state index in [4.69, 9.17) is 10.00 Å². The zero-order valence-corrected chi connectivity index (χ0v) is 17.2. The van der Waals surface area contributed by atoms with E-state index in [0.717, 1.165) is 0 Å². The lowest BCUT2D eigenvalue weighted by molar-refractivity contribution is 0.145. The van der Waals surface area contributed by atoms with Crippen molar-refractivity contribution in [3.63, 3.8) is 0 Å². The maximum Gasteiger partial charge on any atom is 0.414 e. The molecule has 3 heterocycles. The Morgan fingerprint density at radius 3 is 2.91 bits per heavy atom. The molecular formula is C20H18FN9O2. The molecule has 1 aromatic carbocycles. The van der Waals surface area contributed by atoms with Gasteiger partial charge in [0, 0.05) is 17.3 Å². The predicted octanol–water partition coefficient (Wildman–Crippen LogP) is 1.99. The van der Waals surface area contributed by atoms with Gasteiger partial charge in [-0.3, -0.25) is 15.2 Å². The number of amidine groups is 1. The minimum atomic E-state index is -0.579. The molecule has 0 spiro atoms. The van der Waals surface area contributed by atoms with E-state index in [-0.39, 0.29) is 13.1 Å². The molecule has 11 nitrogen and oxygen atoms in total. The highest BCUT2D eigenvalue weighted by atomic mass is 19.1. The fraction of sp³-hybridized carbons (Fsp3) is 0.250. The number of carbonyl (C=O) groups excluding carboxylic acids is 1. The molecule has 162 valence electrons. The Labute approximate surface area is 182 Å². The molecule has 3 aromatic rings. The number of rotatable bonds is 5. The lowest BCUT2D eigenvalue weighted by atomic mass is 10.1. The van der Waals surface area contributed by atoms with E-state index in [2.05, 4.69) is 30.7 Å². The van der Waals surface area contributed by atoms with Crippen LogP contribution in [0.5, 0.6) is 0 Å². The SMILES string of the molecule is CC(=NC[C@H]1CN(c2ccc(-c3ccc(-n4nnc(C)n4)nc3)c(F)c2)C(=O)O1)NC#N. The average Bonchev–Trinajstić information content (AvgIpc) is 3.38. The molecule has 12 heteroatoms. The van der Waals surface area contributed by atoms with Crippen LogP contribution in [-0.4, -0.2) is 56.3 Å². The maximum absolute atomic E-state index is 14.9. The number of cyclic esters (lactones) is 1. The van der Waals surface area contributed by atoms with Crippen LogP contribution in [0.15, 0.2) is 41.5 Å². The number of pyridine rings is 1. The quantitative estimate of drug-likeness (QED) is 0.278. The number of amides is 1. The second kappa shape index (κ2) is 8.76. The van der Waals surface area contributed by atoms with Crippen molar-refractivity contribution < 1.29 is 13.9 Å². The Kier molecular flexibility index (Phi) is 5.71. The fourth-order valence-electron chi connectivity index (χ4n) is 3.14. The maximum atomic E-state index is 14.9. The number of tetrazole rings is 1. The highest BCUT2D eigenvalue weighted by Gasteiger charge is 2.32. The highest BCUT2D eigenvalue weighted by Crippen LogP contribution is 2.29. The largest absolute Gasteiger partial charge is 0.442 e. The predicted molar refractivity (Wildman–Crippen MR) is 111 cm³/mol. The van der Waals surface area contributed by atoms with Gasteiger partial charge in [-0.05, 0) is 49.4 Å². The molecule has 1 saturated heterocycles. The van der Waals surface area contributed by atoms with Crippen molar-refractivity contribution >= 4 is 17.6 Å². The van der Waals surface area contributed by atoms with Crippen LogP contribution >= 0.6 is 0 Å². The Morgan fingerprint density at radius 2 is 2.25 bits per heavy atom. The average molecular weight is 435 g/mol. The Hall–Kier alpha value is -4.40. The monoisotopic (exact) mass is 435 g/mol. The van der Waals surface area contributed by atoms with Crippen LogP contribution in [0.2, 0.25) is 0 Å². The first-order chi connectivity index (χ1) is 15.4. The zero-order valence-electron chi connectivity index (χ0n) is 17.2. The molecule has 1 amide bonds. The first kappa shape index (κ1) is 20.9. The number of nitriles is 1. The second-order valence-corrected chi connectivity index (χ2v) is 6.97. The molecule has 1 fully saturated rings. The summed E-state index contributed by atoms with van der Waals surface area (Å²) in [5.74, 6) is 0.892. The van der Waals surface area contributed by atoms with Crippen molar-refractivity contribution in [2.75, 3.05) is 18.0 Å². The number of aromatic nitrogens is 5. The van der Waals surface area contributed by atoms with E-state index in [9.17, 15) is 9.18 Å². The van der Waals surface area contributed by atoms with Gasteiger partial charge < -0.3 is 4.74 Å². The summed E-state index contributed by atoms with van der Waals surface area (Å²) in [6.07, 6.45) is 2.21. The van der Waals surface area contributed by atoms with Gasteiger partial charge >= 0.3 is 6.09 Å². The Morgan fingerprint density at radius 1 is 1.41 bits per heavy atom. The number of aliphatic imine (C=N–C) groups is 1. The lowest BCUT2D eigenvalue weighted by Gasteiger charge is -2.14. The third kappa shape index (κ3) is 4.36. The van der Waals surface area contributed by atoms with Crippen molar-refractivity contribution in [1.82, 2.24) is 30.5 Å². The molecule has 1 N–H and O–H groups in total. The smallest absolute Gasteiger partial charge is 0.414 e. The van der Waals surface area contributed by atoms with Crippen molar-refractivity contribution in [3.05, 3.63) is 48.2 Å². The summed E-state index contributed by atoms with van der Waals surface area (Å²) in [6.45, 7) is 3.77. The van der Waals surface area contributed by atoms with E-state index in [1.54, 1.807) is 44.3 Å². The topological polar surface area (TPSA) is 134 Å². The Balaban J connectivity index is 1.48. The number of hydrogen-bond acceptors (Lipinski definition) is 8. The molecule has 0 aliphatic carbocycles. The summed E-state index contributed by atoms with van der Waals surface area (Å²) in [5.41, 5.74) is 1.27. The van der Waals surface area contributed by atoms with E-state index in [1.807, 2.05) is 0 Å². The van der Waals surface area contributed by atoms with Crippen LogP contribution in [-0.2, 0) is 4.74 Å². The van der Waals surface area contributed by atoms with Crippen molar-refractivity contribution in [3.8, 4) is 23.1 Å². The highest BCUT2D eigenvalue weighted by molar-refractivity contribution is 5.90. The van der Waals surface area contributed by atoms with Gasteiger partial charge in [-0.25, -0.2) is 14.2 Å². The fourth-order valence-corrected chi connectivity index (χ4v) is 3.14. The molecule has 2 aromatic heterocycles. The third-order valence-electron chi connectivity index (χ3n) is 4.68. The first-order valence-corrected chi connectivity index (χ1v) is 9.62. The van der Waals surface area contributed by atoms with Crippen LogP contribution in [0.25, 0.3) is 16.9 Å². The molecule has 4 rings (SSSR count). The Bertz CT molecular complexity index is 1220. The van der Waals surface area contributed by atoms with Crippen molar-refractivity contribution in [2.24, 2.45) is 4.99 Å². The van der Waals surface area contributed by atoms with E-state index in [0.29, 0.717) is 34.3 Å². The standard InChI is InChI=1S/C20H18FN9O2/c1-12(25-11-22)23-9-16-10-29(20(31)32-16)15-4-5-17(18(21)7-15)14-3-6-19(24-8-14)30-27-13(2)26-28-30/h3-8,16H,9-10H2,1-2H3,(H,23,25)/t16-/m0/s1. The van der Waals surface area contributed by atoms with Gasteiger partial charge in [0.05, 0.1) is 18.8 Å². The van der Waals surface area contributed by atoms with Crippen LogP contribution in [0.1, 0.15) is 12.7 Å². The van der Waals surface area contributed by atoms with E-state index < -0.39 is 18.0 Å². The molecule has 1 aliphatic rings. The number of ether oxygens (including phenoxy) is 1. The molecule has 1 aliphatic heterocycles. The molecule has 0 bridgehead atoms. The van der Waals surface area contributed by atoms with Gasteiger partial charge in [-0.1, -0.05) is 0 Å². The summed E-state index contributed by atoms with van der Waals surface area (Å²) in [7, 11) is 0. The van der Waals surface area contributed by atoms with Gasteiger partial charge in [-0.15, -0.1) is 15.0 Å². The minimum absolute atomic E-state index is 0.196. The van der Waals surface area contributed by atoms with Gasteiger partial charge in [0.2, 0.25) is 0 Å². The number of hydrogen-bond donors (Lipinski definition) is 1. The van der Waals surface area contributed by atoms with Crippen molar-refractivity contribution in [1.29, 1.82) is 5.26 Å².